The molecule has 3 unspecified atom stereocenters. The van der Waals surface area contributed by atoms with Crippen molar-refractivity contribution in [2.24, 2.45) is 0 Å². The Morgan fingerprint density at radius 1 is 1.24 bits per heavy atom. The highest BCUT2D eigenvalue weighted by atomic mass is 15.3. The number of piperazine rings is 1. The van der Waals surface area contributed by atoms with Crippen LogP contribution in [0.1, 0.15) is 37.4 Å². The molecule has 1 saturated heterocycles. The zero-order valence-corrected chi connectivity index (χ0v) is 13.7. The number of nitrogens with one attached hydrogen (secondary N) is 1. The van der Waals surface area contributed by atoms with E-state index in [9.17, 15) is 0 Å². The molecule has 1 fully saturated rings. The van der Waals surface area contributed by atoms with Crippen LogP contribution in [0.2, 0.25) is 0 Å². The van der Waals surface area contributed by atoms with Gasteiger partial charge in [-0.25, -0.2) is 0 Å². The largest absolute Gasteiger partial charge is 0.309 e. The fourth-order valence-corrected chi connectivity index (χ4v) is 4.07. The minimum absolute atomic E-state index is 0.506. The molecule has 3 rings (SSSR count). The Hall–Kier alpha value is -0.900. The molecule has 0 amide bonds. The van der Waals surface area contributed by atoms with E-state index in [0.29, 0.717) is 18.1 Å². The molecule has 0 saturated carbocycles. The van der Waals surface area contributed by atoms with Gasteiger partial charge in [-0.2, -0.15) is 0 Å². The molecule has 3 nitrogen and oxygen atoms in total. The highest BCUT2D eigenvalue weighted by Gasteiger charge is 2.38. The zero-order valence-electron chi connectivity index (χ0n) is 13.7. The van der Waals surface area contributed by atoms with E-state index in [0.717, 1.165) is 6.54 Å². The molecule has 3 atom stereocenters. The van der Waals surface area contributed by atoms with E-state index < -0.39 is 0 Å². The third-order valence-corrected chi connectivity index (χ3v) is 5.13. The van der Waals surface area contributed by atoms with Gasteiger partial charge in [-0.05, 0) is 44.5 Å². The van der Waals surface area contributed by atoms with Crippen molar-refractivity contribution < 1.29 is 0 Å². The summed E-state index contributed by atoms with van der Waals surface area (Å²) in [4.78, 5) is 5.20. The van der Waals surface area contributed by atoms with E-state index in [1.165, 1.54) is 38.0 Å². The SMILES string of the molecule is CCCNC1c2ccccc2CC1N1CCN(C)CC1C. The van der Waals surface area contributed by atoms with Crippen molar-refractivity contribution in [2.75, 3.05) is 33.2 Å². The second-order valence-electron chi connectivity index (χ2n) is 6.75. The number of fused-ring (bicyclic) bond motifs is 1. The van der Waals surface area contributed by atoms with Gasteiger partial charge in [-0.3, -0.25) is 4.90 Å². The predicted molar refractivity (Wildman–Crippen MR) is 88.6 cm³/mol. The summed E-state index contributed by atoms with van der Waals surface area (Å²) in [6.07, 6.45) is 2.40. The van der Waals surface area contributed by atoms with E-state index >= 15 is 0 Å². The molecule has 116 valence electrons. The Bertz CT molecular complexity index is 473. The zero-order chi connectivity index (χ0) is 14.8. The van der Waals surface area contributed by atoms with E-state index in [-0.39, 0.29) is 0 Å². The Morgan fingerprint density at radius 2 is 2.05 bits per heavy atom. The maximum atomic E-state index is 3.81. The maximum absolute atomic E-state index is 3.81. The molecule has 0 bridgehead atoms. The molecule has 3 heteroatoms. The first kappa shape index (κ1) is 15.0. The van der Waals surface area contributed by atoms with Crippen molar-refractivity contribution in [2.45, 2.75) is 44.8 Å². The van der Waals surface area contributed by atoms with Gasteiger partial charge in [0.1, 0.15) is 0 Å². The lowest BCUT2D eigenvalue weighted by Crippen LogP contribution is -2.56. The molecule has 1 aromatic carbocycles. The van der Waals surface area contributed by atoms with Gasteiger partial charge in [0.15, 0.2) is 0 Å². The Morgan fingerprint density at radius 3 is 2.81 bits per heavy atom. The molecule has 0 aromatic heterocycles. The van der Waals surface area contributed by atoms with Gasteiger partial charge >= 0.3 is 0 Å². The summed E-state index contributed by atoms with van der Waals surface area (Å²) < 4.78 is 0. The van der Waals surface area contributed by atoms with E-state index in [1.54, 1.807) is 5.56 Å². The summed E-state index contributed by atoms with van der Waals surface area (Å²) in [7, 11) is 2.24. The van der Waals surface area contributed by atoms with E-state index in [2.05, 4.69) is 60.3 Å². The Balaban J connectivity index is 1.81. The number of benzene rings is 1. The number of rotatable bonds is 4. The Labute approximate surface area is 129 Å². The fourth-order valence-electron chi connectivity index (χ4n) is 4.07. The average molecular weight is 287 g/mol. The van der Waals surface area contributed by atoms with Crippen LogP contribution < -0.4 is 5.32 Å². The van der Waals surface area contributed by atoms with Crippen molar-refractivity contribution >= 4 is 0 Å². The third kappa shape index (κ3) is 3.01. The monoisotopic (exact) mass is 287 g/mol. The van der Waals surface area contributed by atoms with Crippen molar-refractivity contribution in [1.82, 2.24) is 15.1 Å². The molecule has 1 N–H and O–H groups in total. The van der Waals surface area contributed by atoms with Gasteiger partial charge in [0.2, 0.25) is 0 Å². The molecule has 1 aliphatic heterocycles. The van der Waals surface area contributed by atoms with Gasteiger partial charge < -0.3 is 10.2 Å². The standard InChI is InChI=1S/C18H29N3/c1-4-9-19-18-16-8-6-5-7-15(16)12-17(18)21-11-10-20(3)13-14(21)2/h5-8,14,17-19H,4,9-13H2,1-3H3. The lowest BCUT2D eigenvalue weighted by atomic mass is 10.0. The van der Waals surface area contributed by atoms with Crippen molar-refractivity contribution in [3.8, 4) is 0 Å². The molecule has 21 heavy (non-hydrogen) atoms. The van der Waals surface area contributed by atoms with Gasteiger partial charge in [0, 0.05) is 37.8 Å². The summed E-state index contributed by atoms with van der Waals surface area (Å²) >= 11 is 0. The summed E-state index contributed by atoms with van der Waals surface area (Å²) in [5, 5.41) is 3.81. The van der Waals surface area contributed by atoms with Gasteiger partial charge in [-0.15, -0.1) is 0 Å². The molecular formula is C18H29N3. The summed E-state index contributed by atoms with van der Waals surface area (Å²) in [5.41, 5.74) is 3.07. The molecule has 1 aromatic rings. The van der Waals surface area contributed by atoms with Crippen LogP contribution in [0.4, 0.5) is 0 Å². The normalized spacial score (nSPS) is 30.5. The van der Waals surface area contributed by atoms with Crippen LogP contribution >= 0.6 is 0 Å². The topological polar surface area (TPSA) is 18.5 Å². The first-order valence-corrected chi connectivity index (χ1v) is 8.46. The highest BCUT2D eigenvalue weighted by molar-refractivity contribution is 5.37. The third-order valence-electron chi connectivity index (χ3n) is 5.13. The number of hydrogen-bond donors (Lipinski definition) is 1. The smallest absolute Gasteiger partial charge is 0.0484 e. The summed E-state index contributed by atoms with van der Waals surface area (Å²) in [6, 6.07) is 10.8. The molecule has 0 spiro atoms. The highest BCUT2D eigenvalue weighted by Crippen LogP contribution is 2.35. The second-order valence-corrected chi connectivity index (χ2v) is 6.75. The molecule has 1 heterocycles. The quantitative estimate of drug-likeness (QED) is 0.916. The van der Waals surface area contributed by atoms with Gasteiger partial charge in [0.25, 0.3) is 0 Å². The second kappa shape index (κ2) is 6.47. The first-order chi connectivity index (χ1) is 10.2. The average Bonchev–Trinajstić information content (AvgIpc) is 2.83. The van der Waals surface area contributed by atoms with Crippen LogP contribution in [0.25, 0.3) is 0 Å². The summed E-state index contributed by atoms with van der Waals surface area (Å²) in [5.74, 6) is 0. The first-order valence-electron chi connectivity index (χ1n) is 8.46. The predicted octanol–water partition coefficient (Wildman–Crippen LogP) is 2.29. The minimum atomic E-state index is 0.506. The lowest BCUT2D eigenvalue weighted by Gasteiger charge is -2.43. The van der Waals surface area contributed by atoms with Crippen molar-refractivity contribution in [1.29, 1.82) is 0 Å². The number of hydrogen-bond acceptors (Lipinski definition) is 3. The number of nitrogens with zero attached hydrogens (tertiary/aromatic N) is 2. The molecule has 2 aliphatic rings. The maximum Gasteiger partial charge on any atom is 0.0484 e. The Kier molecular flexibility index (Phi) is 4.63. The van der Waals surface area contributed by atoms with Crippen LogP contribution in [0, 0.1) is 0 Å². The van der Waals surface area contributed by atoms with Crippen molar-refractivity contribution in [3.63, 3.8) is 0 Å². The number of likely N-dealkylation sites (N-methyl/N-ethyl adjacent to an activating group) is 1. The van der Waals surface area contributed by atoms with Crippen LogP contribution in [-0.4, -0.2) is 55.1 Å². The lowest BCUT2D eigenvalue weighted by molar-refractivity contribution is 0.0497. The van der Waals surface area contributed by atoms with Crippen LogP contribution in [0.3, 0.4) is 0 Å². The minimum Gasteiger partial charge on any atom is -0.309 e. The van der Waals surface area contributed by atoms with Crippen LogP contribution in [-0.2, 0) is 6.42 Å². The summed E-state index contributed by atoms with van der Waals surface area (Å²) in [6.45, 7) is 9.32. The van der Waals surface area contributed by atoms with Crippen LogP contribution in [0.5, 0.6) is 0 Å². The van der Waals surface area contributed by atoms with E-state index in [4.69, 9.17) is 0 Å². The molecule has 0 radical (unpaired) electrons. The molecular weight excluding hydrogens is 258 g/mol. The van der Waals surface area contributed by atoms with Crippen molar-refractivity contribution in [3.05, 3.63) is 35.4 Å². The van der Waals surface area contributed by atoms with Gasteiger partial charge in [0.05, 0.1) is 0 Å². The van der Waals surface area contributed by atoms with Crippen LogP contribution in [0.15, 0.2) is 24.3 Å². The van der Waals surface area contributed by atoms with E-state index in [1.807, 2.05) is 0 Å². The fraction of sp³-hybridized carbons (Fsp3) is 0.667. The van der Waals surface area contributed by atoms with Gasteiger partial charge in [-0.1, -0.05) is 31.2 Å². The molecule has 1 aliphatic carbocycles.